The van der Waals surface area contributed by atoms with Crippen LogP contribution in [-0.4, -0.2) is 24.3 Å². The number of urea groups is 1. The summed E-state index contributed by atoms with van der Waals surface area (Å²) in [5.74, 6) is 0.308. The van der Waals surface area contributed by atoms with Crippen molar-refractivity contribution in [2.24, 2.45) is 0 Å². The van der Waals surface area contributed by atoms with Crippen LogP contribution >= 0.6 is 0 Å². The van der Waals surface area contributed by atoms with Crippen LogP contribution in [0.3, 0.4) is 0 Å². The lowest BCUT2D eigenvalue weighted by molar-refractivity contribution is 0.261. The molecular weight excluding hydrogens is 256 g/mol. The van der Waals surface area contributed by atoms with E-state index in [0.29, 0.717) is 5.88 Å². The summed E-state index contributed by atoms with van der Waals surface area (Å²) in [6, 6.07) is 8.91. The first-order valence-corrected chi connectivity index (χ1v) is 6.56. The number of rotatable bonds is 5. The Kier molecular flexibility index (Phi) is 4.60. The molecule has 6 nitrogen and oxygen atoms in total. The van der Waals surface area contributed by atoms with Crippen LogP contribution in [0.1, 0.15) is 13.8 Å². The second kappa shape index (κ2) is 6.60. The van der Waals surface area contributed by atoms with Crippen LogP contribution < -0.4 is 15.5 Å². The van der Waals surface area contributed by atoms with Gasteiger partial charge in [-0.25, -0.2) is 4.79 Å². The molecule has 0 aliphatic carbocycles. The molecule has 2 N–H and O–H groups in total. The summed E-state index contributed by atoms with van der Waals surface area (Å²) >= 11 is 0. The van der Waals surface area contributed by atoms with Gasteiger partial charge < -0.3 is 14.7 Å². The first kappa shape index (κ1) is 13.9. The molecular formula is C14H18N4O2. The van der Waals surface area contributed by atoms with E-state index < -0.39 is 0 Å². The lowest BCUT2D eigenvalue weighted by Crippen LogP contribution is -2.22. The Morgan fingerprint density at radius 3 is 2.40 bits per heavy atom. The smallest absolute Gasteiger partial charge is 0.326 e. The second-order valence-corrected chi connectivity index (χ2v) is 4.17. The van der Waals surface area contributed by atoms with Gasteiger partial charge in [0, 0.05) is 30.5 Å². The molecule has 1 aromatic carbocycles. The van der Waals surface area contributed by atoms with Crippen LogP contribution in [0.4, 0.5) is 22.1 Å². The van der Waals surface area contributed by atoms with E-state index in [2.05, 4.69) is 34.5 Å². The zero-order valence-corrected chi connectivity index (χ0v) is 11.6. The Morgan fingerprint density at radius 1 is 1.15 bits per heavy atom. The molecule has 2 aromatic rings. The van der Waals surface area contributed by atoms with Gasteiger partial charge in [0.1, 0.15) is 0 Å². The van der Waals surface area contributed by atoms with E-state index in [1.165, 1.54) is 6.20 Å². The lowest BCUT2D eigenvalue weighted by Gasteiger charge is -2.21. The summed E-state index contributed by atoms with van der Waals surface area (Å²) in [6.07, 6.45) is 1.47. The first-order valence-electron chi connectivity index (χ1n) is 6.56. The van der Waals surface area contributed by atoms with Gasteiger partial charge in [0.05, 0.1) is 6.20 Å². The predicted molar refractivity (Wildman–Crippen MR) is 79.1 cm³/mol. The zero-order chi connectivity index (χ0) is 14.4. The van der Waals surface area contributed by atoms with E-state index in [1.54, 1.807) is 6.07 Å². The van der Waals surface area contributed by atoms with Gasteiger partial charge in [-0.05, 0) is 38.1 Å². The van der Waals surface area contributed by atoms with Crippen molar-refractivity contribution in [2.75, 3.05) is 28.6 Å². The average molecular weight is 274 g/mol. The number of aromatic nitrogens is 1. The summed E-state index contributed by atoms with van der Waals surface area (Å²) in [7, 11) is 0. The second-order valence-electron chi connectivity index (χ2n) is 4.17. The highest BCUT2D eigenvalue weighted by molar-refractivity contribution is 5.98. The summed E-state index contributed by atoms with van der Waals surface area (Å²) < 4.78 is 4.79. The molecule has 1 heterocycles. The van der Waals surface area contributed by atoms with Gasteiger partial charge in [0.2, 0.25) is 5.88 Å². The third kappa shape index (κ3) is 3.50. The van der Waals surface area contributed by atoms with Gasteiger partial charge in [-0.15, -0.1) is 0 Å². The van der Waals surface area contributed by atoms with Crippen molar-refractivity contribution in [3.63, 3.8) is 0 Å². The van der Waals surface area contributed by atoms with Crippen molar-refractivity contribution in [1.82, 2.24) is 5.16 Å². The van der Waals surface area contributed by atoms with Crippen molar-refractivity contribution in [2.45, 2.75) is 13.8 Å². The highest BCUT2D eigenvalue weighted by Crippen LogP contribution is 2.17. The van der Waals surface area contributed by atoms with Crippen LogP contribution in [-0.2, 0) is 0 Å². The lowest BCUT2D eigenvalue weighted by atomic mass is 10.2. The Balaban J connectivity index is 1.95. The summed E-state index contributed by atoms with van der Waals surface area (Å²) in [5, 5.41) is 8.78. The van der Waals surface area contributed by atoms with Crippen molar-refractivity contribution >= 4 is 23.3 Å². The number of hydrogen-bond donors (Lipinski definition) is 2. The van der Waals surface area contributed by atoms with E-state index in [0.717, 1.165) is 24.5 Å². The SMILES string of the molecule is CCN(CC)c1ccc(NC(=O)Nc2ccno2)cc1. The maximum absolute atomic E-state index is 11.7. The fraction of sp³-hybridized carbons (Fsp3) is 0.286. The van der Waals surface area contributed by atoms with E-state index in [4.69, 9.17) is 4.52 Å². The van der Waals surface area contributed by atoms with Crippen LogP contribution in [0.15, 0.2) is 41.1 Å². The van der Waals surface area contributed by atoms with Crippen LogP contribution in [0.25, 0.3) is 0 Å². The molecule has 0 unspecified atom stereocenters. The molecule has 2 rings (SSSR count). The van der Waals surface area contributed by atoms with Crippen molar-refractivity contribution < 1.29 is 9.32 Å². The molecule has 0 atom stereocenters. The number of carbonyl (C=O) groups excluding carboxylic acids is 1. The molecule has 20 heavy (non-hydrogen) atoms. The number of nitrogens with zero attached hydrogens (tertiary/aromatic N) is 2. The van der Waals surface area contributed by atoms with Gasteiger partial charge in [-0.2, -0.15) is 0 Å². The maximum atomic E-state index is 11.7. The standard InChI is InChI=1S/C14H18N4O2/c1-3-18(4-2)12-7-5-11(6-8-12)16-14(19)17-13-9-10-15-20-13/h5-10H,3-4H2,1-2H3,(H2,16,17,19). The Hall–Kier alpha value is -2.50. The number of benzene rings is 1. The monoisotopic (exact) mass is 274 g/mol. The molecule has 0 spiro atoms. The molecule has 0 fully saturated rings. The Bertz CT molecular complexity index is 533. The fourth-order valence-corrected chi connectivity index (χ4v) is 1.90. The van der Waals surface area contributed by atoms with Crippen molar-refractivity contribution in [3.05, 3.63) is 36.5 Å². The van der Waals surface area contributed by atoms with Crippen LogP contribution in [0, 0.1) is 0 Å². The van der Waals surface area contributed by atoms with Gasteiger partial charge in [-0.3, -0.25) is 5.32 Å². The molecule has 6 heteroatoms. The maximum Gasteiger partial charge on any atom is 0.326 e. The normalized spacial score (nSPS) is 10.1. The van der Waals surface area contributed by atoms with Gasteiger partial charge in [0.25, 0.3) is 0 Å². The summed E-state index contributed by atoms with van der Waals surface area (Å²) in [5.41, 5.74) is 1.86. The van der Waals surface area contributed by atoms with Gasteiger partial charge in [-0.1, -0.05) is 5.16 Å². The number of hydrogen-bond acceptors (Lipinski definition) is 4. The quantitative estimate of drug-likeness (QED) is 0.878. The predicted octanol–water partition coefficient (Wildman–Crippen LogP) is 3.16. The molecule has 0 saturated heterocycles. The molecule has 0 bridgehead atoms. The van der Waals surface area contributed by atoms with Gasteiger partial charge in [0.15, 0.2) is 0 Å². The summed E-state index contributed by atoms with van der Waals surface area (Å²) in [6.45, 7) is 6.13. The largest absolute Gasteiger partial charge is 0.372 e. The average Bonchev–Trinajstić information content (AvgIpc) is 2.94. The highest BCUT2D eigenvalue weighted by atomic mass is 16.5. The highest BCUT2D eigenvalue weighted by Gasteiger charge is 2.06. The van der Waals surface area contributed by atoms with Gasteiger partial charge >= 0.3 is 6.03 Å². The van der Waals surface area contributed by atoms with Crippen molar-refractivity contribution in [1.29, 1.82) is 0 Å². The number of amides is 2. The molecule has 0 aliphatic rings. The van der Waals surface area contributed by atoms with E-state index in [-0.39, 0.29) is 6.03 Å². The van der Waals surface area contributed by atoms with Crippen LogP contribution in [0.2, 0.25) is 0 Å². The van der Waals surface area contributed by atoms with E-state index >= 15 is 0 Å². The number of anilines is 3. The fourth-order valence-electron chi connectivity index (χ4n) is 1.90. The number of nitrogens with one attached hydrogen (secondary N) is 2. The third-order valence-corrected chi connectivity index (χ3v) is 2.93. The summed E-state index contributed by atoms with van der Waals surface area (Å²) in [4.78, 5) is 13.9. The topological polar surface area (TPSA) is 70.4 Å². The molecule has 0 radical (unpaired) electrons. The molecule has 106 valence electrons. The Morgan fingerprint density at radius 2 is 1.85 bits per heavy atom. The zero-order valence-electron chi connectivity index (χ0n) is 11.6. The minimum Gasteiger partial charge on any atom is -0.372 e. The molecule has 1 aromatic heterocycles. The molecule has 0 aliphatic heterocycles. The number of carbonyl (C=O) groups is 1. The Labute approximate surface area is 117 Å². The van der Waals surface area contributed by atoms with E-state index in [9.17, 15) is 4.79 Å². The van der Waals surface area contributed by atoms with Crippen molar-refractivity contribution in [3.8, 4) is 0 Å². The van der Waals surface area contributed by atoms with Crippen LogP contribution in [0.5, 0.6) is 0 Å². The minimum absolute atomic E-state index is 0.308. The van der Waals surface area contributed by atoms with E-state index in [1.807, 2.05) is 24.3 Å². The molecule has 0 saturated carbocycles. The third-order valence-electron chi connectivity index (χ3n) is 2.93. The first-order chi connectivity index (χ1) is 9.72. The molecule has 2 amide bonds. The minimum atomic E-state index is -0.364.